The van der Waals surface area contributed by atoms with Crippen molar-refractivity contribution in [2.45, 2.75) is 0 Å². The summed E-state index contributed by atoms with van der Waals surface area (Å²) in [5.74, 6) is 0.430. The van der Waals surface area contributed by atoms with Gasteiger partial charge in [-0.15, -0.1) is 0 Å². The second kappa shape index (κ2) is 4.14. The molecule has 0 spiro atoms. The van der Waals surface area contributed by atoms with Crippen LogP contribution in [0.4, 0.5) is 4.79 Å². The summed E-state index contributed by atoms with van der Waals surface area (Å²) in [6.07, 6.45) is 2.46. The van der Waals surface area contributed by atoms with Gasteiger partial charge in [0, 0.05) is 17.4 Å². The largest absolute Gasteiger partial charge is 0.440 e. The number of rotatable bonds is 1. The number of benzene rings is 1. The zero-order valence-corrected chi connectivity index (χ0v) is 8.39. The van der Waals surface area contributed by atoms with E-state index < -0.39 is 6.09 Å². The fourth-order valence-electron chi connectivity index (χ4n) is 1.03. The smallest absolute Gasteiger partial charge is 0.409 e. The average Bonchev–Trinajstić information content (AvgIpc) is 2.74. The lowest BCUT2D eigenvalue weighted by Crippen LogP contribution is -2.16. The van der Waals surface area contributed by atoms with Crippen molar-refractivity contribution in [2.24, 2.45) is 0 Å². The number of hydrogen-bond acceptors (Lipinski definition) is 3. The highest BCUT2D eigenvalue weighted by Crippen LogP contribution is 2.15. The average molecular weight is 223 g/mol. The summed E-state index contributed by atoms with van der Waals surface area (Å²) in [4.78, 5) is 11.4. The first kappa shape index (κ1) is 9.73. The predicted octanol–water partition coefficient (Wildman–Crippen LogP) is 2.58. The number of nitrogens with zero attached hydrogens (tertiary/aromatic N) is 2. The third-order valence-electron chi connectivity index (χ3n) is 1.71. The lowest BCUT2D eigenvalue weighted by Gasteiger charge is -2.02. The molecule has 0 aliphatic rings. The summed E-state index contributed by atoms with van der Waals surface area (Å²) in [5, 5.41) is 4.34. The topological polar surface area (TPSA) is 44.1 Å². The Morgan fingerprint density at radius 3 is 2.67 bits per heavy atom. The first-order valence-corrected chi connectivity index (χ1v) is 4.61. The standard InChI is InChI=1S/C10H7ClN2O2/c11-8-2-4-9(5-3-8)15-10(14)13-7-1-6-12-13/h1-7H. The van der Waals surface area contributed by atoms with Crippen molar-refractivity contribution in [3.63, 3.8) is 0 Å². The highest BCUT2D eigenvalue weighted by molar-refractivity contribution is 6.30. The molecule has 5 heteroatoms. The third-order valence-corrected chi connectivity index (χ3v) is 1.96. The molecule has 0 bridgehead atoms. The van der Waals surface area contributed by atoms with Crippen LogP contribution in [0.2, 0.25) is 5.02 Å². The van der Waals surface area contributed by atoms with Crippen molar-refractivity contribution >= 4 is 17.7 Å². The number of carbonyl (C=O) groups is 1. The van der Waals surface area contributed by atoms with Crippen molar-refractivity contribution < 1.29 is 9.53 Å². The quantitative estimate of drug-likeness (QED) is 0.745. The normalized spacial score (nSPS) is 9.93. The Kier molecular flexibility index (Phi) is 2.69. The van der Waals surface area contributed by atoms with Crippen LogP contribution in [0, 0.1) is 0 Å². The molecule has 76 valence electrons. The van der Waals surface area contributed by atoms with Crippen molar-refractivity contribution in [3.8, 4) is 5.75 Å². The molecule has 0 saturated carbocycles. The Labute approximate surface area is 91.0 Å². The van der Waals surface area contributed by atoms with E-state index in [1.165, 1.54) is 12.4 Å². The second-order valence-corrected chi connectivity index (χ2v) is 3.21. The molecule has 1 aromatic heterocycles. The fourth-order valence-corrected chi connectivity index (χ4v) is 1.15. The molecule has 4 nitrogen and oxygen atoms in total. The molecule has 15 heavy (non-hydrogen) atoms. The molecular weight excluding hydrogens is 216 g/mol. The van der Waals surface area contributed by atoms with Gasteiger partial charge in [-0.1, -0.05) is 11.6 Å². The monoisotopic (exact) mass is 222 g/mol. The Balaban J connectivity index is 2.09. The molecule has 2 aromatic rings. The summed E-state index contributed by atoms with van der Waals surface area (Å²) < 4.78 is 6.12. The van der Waals surface area contributed by atoms with E-state index in [2.05, 4.69) is 5.10 Å². The molecule has 0 aliphatic heterocycles. The highest BCUT2D eigenvalue weighted by Gasteiger charge is 2.06. The van der Waals surface area contributed by atoms with E-state index in [1.807, 2.05) is 0 Å². The summed E-state index contributed by atoms with van der Waals surface area (Å²) in [6.45, 7) is 0. The van der Waals surface area contributed by atoms with Gasteiger partial charge in [-0.2, -0.15) is 9.78 Å². The van der Waals surface area contributed by atoms with Crippen LogP contribution in [0.25, 0.3) is 0 Å². The number of halogens is 1. The number of hydrogen-bond donors (Lipinski definition) is 0. The van der Waals surface area contributed by atoms with Gasteiger partial charge in [0.25, 0.3) is 0 Å². The first-order valence-electron chi connectivity index (χ1n) is 4.23. The molecule has 0 N–H and O–H groups in total. The maximum absolute atomic E-state index is 11.4. The van der Waals surface area contributed by atoms with Crippen LogP contribution in [0.3, 0.4) is 0 Å². The minimum absolute atomic E-state index is 0.430. The fraction of sp³-hybridized carbons (Fsp3) is 0. The summed E-state index contributed by atoms with van der Waals surface area (Å²) >= 11 is 5.69. The molecular formula is C10H7ClN2O2. The van der Waals surface area contributed by atoms with Gasteiger partial charge in [-0.3, -0.25) is 0 Å². The second-order valence-electron chi connectivity index (χ2n) is 2.77. The summed E-state index contributed by atoms with van der Waals surface area (Å²) in [6, 6.07) is 8.16. The van der Waals surface area contributed by atoms with Crippen LogP contribution < -0.4 is 4.74 Å². The summed E-state index contributed by atoms with van der Waals surface area (Å²) in [5.41, 5.74) is 0. The van der Waals surface area contributed by atoms with Gasteiger partial charge in [0.05, 0.1) is 0 Å². The van der Waals surface area contributed by atoms with Crippen molar-refractivity contribution in [2.75, 3.05) is 0 Å². The Morgan fingerprint density at radius 2 is 2.07 bits per heavy atom. The Morgan fingerprint density at radius 1 is 1.33 bits per heavy atom. The maximum atomic E-state index is 11.4. The lowest BCUT2D eigenvalue weighted by atomic mass is 10.3. The molecule has 2 rings (SSSR count). The Bertz CT molecular complexity index is 451. The van der Waals surface area contributed by atoms with E-state index in [0.717, 1.165) is 4.68 Å². The third kappa shape index (κ3) is 2.35. The molecule has 0 radical (unpaired) electrons. The van der Waals surface area contributed by atoms with E-state index in [-0.39, 0.29) is 0 Å². The van der Waals surface area contributed by atoms with Crippen LogP contribution >= 0.6 is 11.6 Å². The van der Waals surface area contributed by atoms with Gasteiger partial charge in [0.1, 0.15) is 5.75 Å². The molecule has 0 unspecified atom stereocenters. The minimum atomic E-state index is -0.553. The van der Waals surface area contributed by atoms with E-state index in [4.69, 9.17) is 16.3 Å². The van der Waals surface area contributed by atoms with Crippen LogP contribution in [0.15, 0.2) is 42.7 Å². The molecule has 1 heterocycles. The molecule has 0 saturated heterocycles. The van der Waals surface area contributed by atoms with Gasteiger partial charge in [0.2, 0.25) is 0 Å². The zero-order chi connectivity index (χ0) is 10.7. The van der Waals surface area contributed by atoms with Crippen LogP contribution in [0.1, 0.15) is 0 Å². The molecule has 0 amide bonds. The van der Waals surface area contributed by atoms with Gasteiger partial charge in [0.15, 0.2) is 0 Å². The van der Waals surface area contributed by atoms with E-state index in [1.54, 1.807) is 30.3 Å². The van der Waals surface area contributed by atoms with Crippen molar-refractivity contribution in [3.05, 3.63) is 47.7 Å². The number of aromatic nitrogens is 2. The molecule has 0 aliphatic carbocycles. The van der Waals surface area contributed by atoms with Gasteiger partial charge in [-0.05, 0) is 30.3 Å². The van der Waals surface area contributed by atoms with E-state index in [9.17, 15) is 4.79 Å². The van der Waals surface area contributed by atoms with Gasteiger partial charge >= 0.3 is 6.09 Å². The molecule has 0 atom stereocenters. The molecule has 0 fully saturated rings. The number of carbonyl (C=O) groups excluding carboxylic acids is 1. The lowest BCUT2D eigenvalue weighted by molar-refractivity contribution is 0.199. The van der Waals surface area contributed by atoms with Crippen molar-refractivity contribution in [1.29, 1.82) is 0 Å². The summed E-state index contributed by atoms with van der Waals surface area (Å²) in [7, 11) is 0. The van der Waals surface area contributed by atoms with Crippen molar-refractivity contribution in [1.82, 2.24) is 9.78 Å². The minimum Gasteiger partial charge on any atom is -0.409 e. The first-order chi connectivity index (χ1) is 7.25. The zero-order valence-electron chi connectivity index (χ0n) is 7.63. The Hall–Kier alpha value is -1.81. The van der Waals surface area contributed by atoms with Gasteiger partial charge in [-0.25, -0.2) is 4.79 Å². The van der Waals surface area contributed by atoms with Crippen LogP contribution in [-0.2, 0) is 0 Å². The van der Waals surface area contributed by atoms with Gasteiger partial charge < -0.3 is 4.74 Å². The van der Waals surface area contributed by atoms with Crippen LogP contribution in [0.5, 0.6) is 5.75 Å². The van der Waals surface area contributed by atoms with E-state index >= 15 is 0 Å². The predicted molar refractivity (Wildman–Crippen MR) is 55.1 cm³/mol. The number of ether oxygens (including phenoxy) is 1. The molecule has 1 aromatic carbocycles. The van der Waals surface area contributed by atoms with E-state index in [0.29, 0.717) is 10.8 Å². The highest BCUT2D eigenvalue weighted by atomic mass is 35.5. The van der Waals surface area contributed by atoms with Crippen LogP contribution in [-0.4, -0.2) is 15.9 Å². The SMILES string of the molecule is O=C(Oc1ccc(Cl)cc1)n1cccn1. The maximum Gasteiger partial charge on any atom is 0.440 e.